The molecule has 3 rings (SSSR count). The average Bonchev–Trinajstić information content (AvgIpc) is 3.16. The van der Waals surface area contributed by atoms with Gasteiger partial charge >= 0.3 is 18.2 Å². The molecule has 2 aromatic carbocycles. The molecule has 0 aliphatic rings. The van der Waals surface area contributed by atoms with Crippen molar-refractivity contribution in [3.05, 3.63) is 54.1 Å². The van der Waals surface area contributed by atoms with Gasteiger partial charge in [-0.2, -0.15) is 13.2 Å². The lowest BCUT2D eigenvalue weighted by Gasteiger charge is -2.11. The van der Waals surface area contributed by atoms with Crippen LogP contribution < -0.4 is 10.6 Å². The van der Waals surface area contributed by atoms with E-state index in [2.05, 4.69) is 20.8 Å². The van der Waals surface area contributed by atoms with Crippen molar-refractivity contribution in [2.45, 2.75) is 13.1 Å². The minimum atomic E-state index is -4.40. The van der Waals surface area contributed by atoms with Crippen LogP contribution in [0.5, 0.6) is 0 Å². The quantitative estimate of drug-likeness (QED) is 0.560. The summed E-state index contributed by atoms with van der Waals surface area (Å²) in [4.78, 5) is 11.4. The number of esters is 1. The molecule has 0 fully saturated rings. The molecule has 2 N–H and O–H groups in total. The van der Waals surface area contributed by atoms with Crippen molar-refractivity contribution in [1.82, 2.24) is 10.2 Å². The topological polar surface area (TPSA) is 89.3 Å². The third-order valence-corrected chi connectivity index (χ3v) is 3.76. The third-order valence-electron chi connectivity index (χ3n) is 3.76. The molecule has 0 saturated carbocycles. The molecule has 29 heavy (non-hydrogen) atoms. The van der Waals surface area contributed by atoms with Gasteiger partial charge in [-0.3, -0.25) is 4.79 Å². The highest BCUT2D eigenvalue weighted by atomic mass is 19.4. The molecule has 0 amide bonds. The van der Waals surface area contributed by atoms with Gasteiger partial charge in [-0.05, 0) is 43.3 Å². The number of benzene rings is 2. The second-order valence-electron chi connectivity index (χ2n) is 5.82. The Kier molecular flexibility index (Phi) is 6.01. The molecule has 7 nitrogen and oxygen atoms in total. The first-order chi connectivity index (χ1) is 13.9. The van der Waals surface area contributed by atoms with E-state index < -0.39 is 17.7 Å². The Hall–Kier alpha value is -3.56. The van der Waals surface area contributed by atoms with Crippen LogP contribution in [0.1, 0.15) is 12.5 Å². The first kappa shape index (κ1) is 20.2. The predicted octanol–water partition coefficient (Wildman–Crippen LogP) is 4.47. The predicted molar refractivity (Wildman–Crippen MR) is 99.6 cm³/mol. The van der Waals surface area contributed by atoms with E-state index in [0.29, 0.717) is 16.9 Å². The Morgan fingerprint density at radius 3 is 2.52 bits per heavy atom. The van der Waals surface area contributed by atoms with Gasteiger partial charge in [0.15, 0.2) is 0 Å². The second kappa shape index (κ2) is 8.63. The third kappa shape index (κ3) is 5.24. The molecule has 0 saturated heterocycles. The average molecular weight is 406 g/mol. The maximum absolute atomic E-state index is 12.7. The molecule has 0 spiro atoms. The summed E-state index contributed by atoms with van der Waals surface area (Å²) in [6, 6.07) is 11.6. The summed E-state index contributed by atoms with van der Waals surface area (Å²) in [5.74, 6) is -0.289. The largest absolute Gasteiger partial charge is 0.465 e. The van der Waals surface area contributed by atoms with E-state index in [1.807, 2.05) is 0 Å². The summed E-state index contributed by atoms with van der Waals surface area (Å²) < 4.78 is 48.4. The molecular weight excluding hydrogens is 389 g/mol. The highest BCUT2D eigenvalue weighted by Crippen LogP contribution is 2.32. The lowest BCUT2D eigenvalue weighted by atomic mass is 10.1. The van der Waals surface area contributed by atoms with Crippen LogP contribution in [0.25, 0.3) is 11.5 Å². The first-order valence-electron chi connectivity index (χ1n) is 8.63. The monoisotopic (exact) mass is 406 g/mol. The summed E-state index contributed by atoms with van der Waals surface area (Å²) in [6.45, 7) is 1.84. The molecular formula is C19H17F3N4O3. The molecule has 1 heterocycles. The van der Waals surface area contributed by atoms with Crippen LogP contribution in [-0.4, -0.2) is 29.3 Å². The number of nitrogens with one attached hydrogen (secondary N) is 2. The zero-order valence-electron chi connectivity index (χ0n) is 15.3. The lowest BCUT2D eigenvalue weighted by Crippen LogP contribution is -2.16. The standard InChI is InChI=1S/C19H17F3N4O3/c1-2-28-16(27)11-23-18-26-25-17(29-18)14-5-3-4-6-15(14)24-13-9-7-12(8-10-13)19(20,21)22/h3-10,24H,2,11H2,1H3,(H,23,26). The zero-order valence-corrected chi connectivity index (χ0v) is 15.3. The Morgan fingerprint density at radius 2 is 1.83 bits per heavy atom. The molecule has 3 aromatic rings. The summed E-state index contributed by atoms with van der Waals surface area (Å²) >= 11 is 0. The fourth-order valence-corrected chi connectivity index (χ4v) is 2.44. The fraction of sp³-hybridized carbons (Fsp3) is 0.211. The minimum Gasteiger partial charge on any atom is -0.465 e. The van der Waals surface area contributed by atoms with Crippen molar-refractivity contribution in [3.8, 4) is 11.5 Å². The van der Waals surface area contributed by atoms with Crippen molar-refractivity contribution in [2.75, 3.05) is 23.8 Å². The molecule has 1 aromatic heterocycles. The smallest absolute Gasteiger partial charge is 0.416 e. The highest BCUT2D eigenvalue weighted by molar-refractivity contribution is 5.77. The number of para-hydroxylation sites is 1. The van der Waals surface area contributed by atoms with Crippen molar-refractivity contribution >= 4 is 23.4 Å². The number of nitrogens with zero attached hydrogens (tertiary/aromatic N) is 2. The lowest BCUT2D eigenvalue weighted by molar-refractivity contribution is -0.141. The van der Waals surface area contributed by atoms with Gasteiger partial charge in [0, 0.05) is 5.69 Å². The number of hydrogen-bond acceptors (Lipinski definition) is 7. The normalized spacial score (nSPS) is 11.2. The zero-order chi connectivity index (χ0) is 20.9. The number of halogens is 3. The SMILES string of the molecule is CCOC(=O)CNc1nnc(-c2ccccc2Nc2ccc(C(F)(F)F)cc2)o1. The van der Waals surface area contributed by atoms with Gasteiger partial charge in [-0.1, -0.05) is 17.2 Å². The van der Waals surface area contributed by atoms with Gasteiger partial charge in [0.1, 0.15) is 6.54 Å². The van der Waals surface area contributed by atoms with E-state index in [0.717, 1.165) is 12.1 Å². The van der Waals surface area contributed by atoms with E-state index in [9.17, 15) is 18.0 Å². The Balaban J connectivity index is 1.75. The van der Waals surface area contributed by atoms with E-state index in [4.69, 9.17) is 9.15 Å². The summed E-state index contributed by atoms with van der Waals surface area (Å²) in [5.41, 5.74) is 0.841. The van der Waals surface area contributed by atoms with Crippen LogP contribution in [0.15, 0.2) is 52.9 Å². The number of hydrogen-bond donors (Lipinski definition) is 2. The van der Waals surface area contributed by atoms with Crippen LogP contribution in [-0.2, 0) is 15.7 Å². The molecule has 10 heteroatoms. The Bertz CT molecular complexity index is 971. The van der Waals surface area contributed by atoms with E-state index >= 15 is 0 Å². The van der Waals surface area contributed by atoms with Gasteiger partial charge in [0.05, 0.1) is 23.4 Å². The molecule has 0 atom stereocenters. The van der Waals surface area contributed by atoms with Gasteiger partial charge in [0.25, 0.3) is 5.89 Å². The van der Waals surface area contributed by atoms with Crippen LogP contribution in [0.4, 0.5) is 30.6 Å². The van der Waals surface area contributed by atoms with Crippen molar-refractivity contribution < 1.29 is 27.1 Å². The van der Waals surface area contributed by atoms with Gasteiger partial charge in [0.2, 0.25) is 0 Å². The van der Waals surface area contributed by atoms with Gasteiger partial charge in [-0.15, -0.1) is 5.10 Å². The van der Waals surface area contributed by atoms with Crippen LogP contribution in [0, 0.1) is 0 Å². The number of carbonyl (C=O) groups excluding carboxylic acids is 1. The van der Waals surface area contributed by atoms with E-state index in [-0.39, 0.29) is 25.1 Å². The Labute approximate surface area is 163 Å². The number of rotatable bonds is 7. The minimum absolute atomic E-state index is 0.0392. The number of aromatic nitrogens is 2. The van der Waals surface area contributed by atoms with Crippen molar-refractivity contribution in [1.29, 1.82) is 0 Å². The highest BCUT2D eigenvalue weighted by Gasteiger charge is 2.30. The Morgan fingerprint density at radius 1 is 1.10 bits per heavy atom. The molecule has 152 valence electrons. The van der Waals surface area contributed by atoms with Crippen LogP contribution in [0.2, 0.25) is 0 Å². The molecule has 0 aliphatic carbocycles. The second-order valence-corrected chi connectivity index (χ2v) is 5.82. The van der Waals surface area contributed by atoms with Crippen LogP contribution in [0.3, 0.4) is 0 Å². The number of ether oxygens (including phenoxy) is 1. The van der Waals surface area contributed by atoms with Crippen LogP contribution >= 0.6 is 0 Å². The number of carbonyl (C=O) groups is 1. The molecule has 0 unspecified atom stereocenters. The number of anilines is 3. The number of alkyl halides is 3. The van der Waals surface area contributed by atoms with Crippen molar-refractivity contribution in [2.24, 2.45) is 0 Å². The summed E-state index contributed by atoms with van der Waals surface area (Å²) in [5, 5.41) is 13.5. The van der Waals surface area contributed by atoms with E-state index in [1.54, 1.807) is 31.2 Å². The van der Waals surface area contributed by atoms with Crippen molar-refractivity contribution in [3.63, 3.8) is 0 Å². The van der Waals surface area contributed by atoms with Gasteiger partial charge < -0.3 is 19.8 Å². The van der Waals surface area contributed by atoms with Gasteiger partial charge in [-0.25, -0.2) is 0 Å². The summed E-state index contributed by atoms with van der Waals surface area (Å²) in [6.07, 6.45) is -4.40. The maximum atomic E-state index is 12.7. The maximum Gasteiger partial charge on any atom is 0.416 e. The molecule has 0 aliphatic heterocycles. The molecule has 0 radical (unpaired) electrons. The fourth-order valence-electron chi connectivity index (χ4n) is 2.44. The summed E-state index contributed by atoms with van der Waals surface area (Å²) in [7, 11) is 0. The first-order valence-corrected chi connectivity index (χ1v) is 8.63. The van der Waals surface area contributed by atoms with E-state index in [1.165, 1.54) is 12.1 Å². The molecule has 0 bridgehead atoms.